The summed E-state index contributed by atoms with van der Waals surface area (Å²) < 4.78 is 3.02. The van der Waals surface area contributed by atoms with Gasteiger partial charge in [0.15, 0.2) is 0 Å². The molecular weight excluding hydrogens is 278 g/mol. The summed E-state index contributed by atoms with van der Waals surface area (Å²) in [5.41, 5.74) is 2.45. The third-order valence-corrected chi connectivity index (χ3v) is 4.02. The summed E-state index contributed by atoms with van der Waals surface area (Å²) in [5, 5.41) is 14.8. The van der Waals surface area contributed by atoms with Crippen molar-refractivity contribution < 1.29 is 4.79 Å². The minimum absolute atomic E-state index is 0.128. The lowest BCUT2D eigenvalue weighted by Crippen LogP contribution is -2.24. The van der Waals surface area contributed by atoms with E-state index in [1.807, 2.05) is 20.9 Å². The van der Waals surface area contributed by atoms with Crippen molar-refractivity contribution in [1.29, 1.82) is 0 Å². The number of amides is 1. The molecule has 0 radical (unpaired) electrons. The lowest BCUT2D eigenvalue weighted by atomic mass is 10.3. The summed E-state index contributed by atoms with van der Waals surface area (Å²) >= 11 is 1.25. The van der Waals surface area contributed by atoms with Crippen molar-refractivity contribution in [3.05, 3.63) is 17.7 Å². The van der Waals surface area contributed by atoms with E-state index in [2.05, 4.69) is 20.6 Å². The molecule has 0 saturated carbocycles. The van der Waals surface area contributed by atoms with Crippen LogP contribution in [0.15, 0.2) is 11.5 Å². The van der Waals surface area contributed by atoms with Gasteiger partial charge in [-0.25, -0.2) is 4.68 Å². The van der Waals surface area contributed by atoms with E-state index in [9.17, 15) is 4.79 Å². The zero-order valence-corrected chi connectivity index (χ0v) is 12.6. The molecule has 2 rings (SSSR count). The maximum Gasteiger partial charge on any atom is 0.237 e. The first kappa shape index (κ1) is 14.4. The molecule has 0 fully saturated rings. The van der Waals surface area contributed by atoms with Gasteiger partial charge in [-0.05, 0) is 20.8 Å². The van der Waals surface area contributed by atoms with Gasteiger partial charge in [0.25, 0.3) is 0 Å². The van der Waals surface area contributed by atoms with Gasteiger partial charge in [-0.2, -0.15) is 5.10 Å². The highest BCUT2D eigenvalue weighted by molar-refractivity contribution is 8.00. The number of nitrogens with one attached hydrogen (secondary N) is 1. The molecule has 0 aliphatic carbocycles. The Labute approximate surface area is 120 Å². The third-order valence-electron chi connectivity index (χ3n) is 2.95. The lowest BCUT2D eigenvalue weighted by molar-refractivity contribution is -0.115. The first-order valence-electron chi connectivity index (χ1n) is 6.03. The fraction of sp³-hybridized carbons (Fsp3) is 0.455. The van der Waals surface area contributed by atoms with Gasteiger partial charge in [-0.1, -0.05) is 11.8 Å². The minimum atomic E-state index is -0.347. The Kier molecular flexibility index (Phi) is 3.98. The quantitative estimate of drug-likeness (QED) is 0.627. The fourth-order valence-electron chi connectivity index (χ4n) is 1.71. The van der Waals surface area contributed by atoms with Gasteiger partial charge in [0.2, 0.25) is 11.1 Å². The van der Waals surface area contributed by atoms with Crippen molar-refractivity contribution in [3.8, 4) is 0 Å². The summed E-state index contributed by atoms with van der Waals surface area (Å²) in [5.74, 6) is 5.49. The Bertz CT molecular complexity index is 633. The standard InChI is InChI=1S/C11H17N7OS/c1-6-9(7(2)17(4)16-6)14-10(19)8(3)20-11-15-13-5-18(11)12/h5,8H,12H2,1-4H3,(H,14,19)/t8-/m1/s1. The molecule has 0 aromatic carbocycles. The zero-order chi connectivity index (χ0) is 14.9. The number of nitrogens with zero attached hydrogens (tertiary/aromatic N) is 5. The van der Waals surface area contributed by atoms with Gasteiger partial charge in [-0.15, -0.1) is 10.2 Å². The molecular formula is C11H17N7OS. The SMILES string of the molecule is Cc1nn(C)c(C)c1NC(=O)[C@@H](C)Sc1nncn1N. The van der Waals surface area contributed by atoms with E-state index in [-0.39, 0.29) is 11.2 Å². The van der Waals surface area contributed by atoms with Crippen LogP contribution >= 0.6 is 11.8 Å². The van der Waals surface area contributed by atoms with Crippen LogP contribution in [0.2, 0.25) is 0 Å². The zero-order valence-electron chi connectivity index (χ0n) is 11.8. The van der Waals surface area contributed by atoms with Crippen LogP contribution in [-0.4, -0.2) is 35.8 Å². The average Bonchev–Trinajstić information content (AvgIpc) is 2.89. The van der Waals surface area contributed by atoms with Crippen molar-refractivity contribution in [2.24, 2.45) is 7.05 Å². The molecule has 8 nitrogen and oxygen atoms in total. The average molecular weight is 295 g/mol. The van der Waals surface area contributed by atoms with Crippen molar-refractivity contribution in [1.82, 2.24) is 24.7 Å². The van der Waals surface area contributed by atoms with E-state index in [0.717, 1.165) is 17.1 Å². The normalized spacial score (nSPS) is 12.4. The highest BCUT2D eigenvalue weighted by Crippen LogP contribution is 2.23. The first-order valence-corrected chi connectivity index (χ1v) is 6.91. The van der Waals surface area contributed by atoms with Gasteiger partial charge in [0, 0.05) is 7.05 Å². The second-order valence-corrected chi connectivity index (χ2v) is 5.75. The van der Waals surface area contributed by atoms with Crippen molar-refractivity contribution >= 4 is 23.4 Å². The van der Waals surface area contributed by atoms with Crippen LogP contribution in [0.25, 0.3) is 0 Å². The molecule has 0 saturated heterocycles. The number of rotatable bonds is 4. The number of nitrogens with two attached hydrogens (primary N) is 1. The Morgan fingerprint density at radius 1 is 1.50 bits per heavy atom. The molecule has 3 N–H and O–H groups in total. The van der Waals surface area contributed by atoms with Crippen LogP contribution in [0.5, 0.6) is 0 Å². The summed E-state index contributed by atoms with van der Waals surface area (Å²) in [6, 6.07) is 0. The molecule has 0 bridgehead atoms. The summed E-state index contributed by atoms with van der Waals surface area (Å²) in [4.78, 5) is 12.2. The predicted molar refractivity (Wildman–Crippen MR) is 76.8 cm³/mol. The Hall–Kier alpha value is -2.03. The van der Waals surface area contributed by atoms with Crippen LogP contribution < -0.4 is 11.2 Å². The second-order valence-electron chi connectivity index (χ2n) is 4.44. The number of aromatic nitrogens is 5. The van der Waals surface area contributed by atoms with E-state index >= 15 is 0 Å². The van der Waals surface area contributed by atoms with E-state index in [4.69, 9.17) is 5.84 Å². The Morgan fingerprint density at radius 2 is 2.20 bits per heavy atom. The number of nitrogen functional groups attached to an aromatic ring is 1. The van der Waals surface area contributed by atoms with E-state index < -0.39 is 0 Å². The first-order chi connectivity index (χ1) is 9.40. The number of thioether (sulfide) groups is 1. The monoisotopic (exact) mass is 295 g/mol. The largest absolute Gasteiger partial charge is 0.336 e. The maximum atomic E-state index is 12.2. The molecule has 9 heteroatoms. The highest BCUT2D eigenvalue weighted by Gasteiger charge is 2.20. The predicted octanol–water partition coefficient (Wildman–Crippen LogP) is 0.462. The molecule has 20 heavy (non-hydrogen) atoms. The molecule has 1 atom stereocenters. The summed E-state index contributed by atoms with van der Waals surface area (Å²) in [6.45, 7) is 5.55. The van der Waals surface area contributed by atoms with E-state index in [0.29, 0.717) is 5.16 Å². The van der Waals surface area contributed by atoms with E-state index in [1.165, 1.54) is 22.8 Å². The van der Waals surface area contributed by atoms with Gasteiger partial charge >= 0.3 is 0 Å². The van der Waals surface area contributed by atoms with Gasteiger partial charge < -0.3 is 11.2 Å². The third kappa shape index (κ3) is 2.77. The molecule has 108 valence electrons. The van der Waals surface area contributed by atoms with Gasteiger partial charge in [-0.3, -0.25) is 9.48 Å². The van der Waals surface area contributed by atoms with Crippen LogP contribution in [0.3, 0.4) is 0 Å². The van der Waals surface area contributed by atoms with Crippen molar-refractivity contribution in [2.45, 2.75) is 31.2 Å². The summed E-state index contributed by atoms with van der Waals surface area (Å²) in [6.07, 6.45) is 1.39. The van der Waals surface area contributed by atoms with E-state index in [1.54, 1.807) is 11.6 Å². The van der Waals surface area contributed by atoms with Gasteiger partial charge in [0.1, 0.15) is 6.33 Å². The number of carbonyl (C=O) groups is 1. The molecule has 0 aliphatic heterocycles. The highest BCUT2D eigenvalue weighted by atomic mass is 32.2. The van der Waals surface area contributed by atoms with Crippen LogP contribution in [-0.2, 0) is 11.8 Å². The molecule has 0 aliphatic rings. The molecule has 2 aromatic rings. The summed E-state index contributed by atoms with van der Waals surface area (Å²) in [7, 11) is 1.84. The number of hydrogen-bond acceptors (Lipinski definition) is 6. The minimum Gasteiger partial charge on any atom is -0.336 e. The second kappa shape index (κ2) is 5.53. The number of aryl methyl sites for hydroxylation is 2. The molecule has 0 unspecified atom stereocenters. The molecule has 0 spiro atoms. The molecule has 2 heterocycles. The number of anilines is 1. The van der Waals surface area contributed by atoms with Crippen molar-refractivity contribution in [2.75, 3.05) is 11.2 Å². The van der Waals surface area contributed by atoms with Crippen LogP contribution in [0.4, 0.5) is 5.69 Å². The van der Waals surface area contributed by atoms with Crippen molar-refractivity contribution in [3.63, 3.8) is 0 Å². The van der Waals surface area contributed by atoms with Crippen LogP contribution in [0, 0.1) is 13.8 Å². The molecule has 1 amide bonds. The maximum absolute atomic E-state index is 12.2. The Balaban J connectivity index is 2.06. The topological polar surface area (TPSA) is 104 Å². The van der Waals surface area contributed by atoms with Gasteiger partial charge in [0.05, 0.1) is 22.3 Å². The number of carbonyl (C=O) groups excluding carboxylic acids is 1. The smallest absolute Gasteiger partial charge is 0.237 e. The van der Waals surface area contributed by atoms with Crippen LogP contribution in [0.1, 0.15) is 18.3 Å². The fourth-order valence-corrected chi connectivity index (χ4v) is 2.45. The number of hydrogen-bond donors (Lipinski definition) is 2. The molecule has 2 aromatic heterocycles. The lowest BCUT2D eigenvalue weighted by Gasteiger charge is -2.11. The Morgan fingerprint density at radius 3 is 2.70 bits per heavy atom.